The Morgan fingerprint density at radius 1 is 1.15 bits per heavy atom. The number of hydrogen-bond donors (Lipinski definition) is 1. The summed E-state index contributed by atoms with van der Waals surface area (Å²) in [4.78, 5) is 12.8. The fourth-order valence-corrected chi connectivity index (χ4v) is 2.87. The summed E-state index contributed by atoms with van der Waals surface area (Å²) in [7, 11) is 0. The van der Waals surface area contributed by atoms with Crippen molar-refractivity contribution in [3.63, 3.8) is 0 Å². The molecule has 0 aliphatic rings. The molecule has 0 aliphatic carbocycles. The summed E-state index contributed by atoms with van der Waals surface area (Å²) >= 11 is 8.02. The number of carbonyl (C=O) groups excluding carboxylic acids is 1. The largest absolute Gasteiger partial charge is 0.324 e. The number of nitrogens with one attached hydrogen (secondary N) is 1. The fraction of sp³-hybridized carbons (Fsp3) is 0.0714. The van der Waals surface area contributed by atoms with Crippen molar-refractivity contribution in [2.75, 3.05) is 11.1 Å². The first kappa shape index (κ1) is 15.5. The monoisotopic (exact) mass is 417 g/mol. The van der Waals surface area contributed by atoms with Crippen LogP contribution in [-0.4, -0.2) is 11.7 Å². The first-order valence-corrected chi connectivity index (χ1v) is 8.25. The maximum atomic E-state index is 12.9. The van der Waals surface area contributed by atoms with Crippen molar-refractivity contribution in [2.24, 2.45) is 0 Å². The molecule has 0 heterocycles. The van der Waals surface area contributed by atoms with Crippen molar-refractivity contribution in [3.8, 4) is 0 Å². The van der Waals surface area contributed by atoms with E-state index >= 15 is 0 Å². The van der Waals surface area contributed by atoms with Crippen molar-refractivity contribution < 1.29 is 9.18 Å². The van der Waals surface area contributed by atoms with Gasteiger partial charge in [-0.25, -0.2) is 4.39 Å². The average molecular weight is 419 g/mol. The molecule has 104 valence electrons. The molecule has 6 heteroatoms. The highest BCUT2D eigenvalue weighted by molar-refractivity contribution is 9.10. The van der Waals surface area contributed by atoms with Crippen LogP contribution in [0.5, 0.6) is 0 Å². The maximum absolute atomic E-state index is 12.9. The predicted molar refractivity (Wildman–Crippen MR) is 87.6 cm³/mol. The number of benzene rings is 2. The van der Waals surface area contributed by atoms with Gasteiger partial charge in [-0.1, -0.05) is 15.9 Å². The summed E-state index contributed by atoms with van der Waals surface area (Å²) in [6.07, 6.45) is 0. The molecule has 0 bridgehead atoms. The standard InChI is InChI=1S/C14H10Br2FNOS/c15-9-1-4-11(5-2-9)20-8-14(19)18-13-6-3-10(17)7-12(13)16/h1-7H,8H2,(H,18,19). The molecule has 2 aromatic carbocycles. The zero-order chi connectivity index (χ0) is 14.5. The molecule has 0 spiro atoms. The van der Waals surface area contributed by atoms with Crippen LogP contribution in [0.3, 0.4) is 0 Å². The molecule has 0 aliphatic heterocycles. The van der Waals surface area contributed by atoms with Crippen molar-refractivity contribution in [1.82, 2.24) is 0 Å². The Morgan fingerprint density at radius 3 is 2.50 bits per heavy atom. The molecule has 0 aromatic heterocycles. The SMILES string of the molecule is O=C(CSc1ccc(Br)cc1)Nc1ccc(F)cc1Br. The van der Waals surface area contributed by atoms with Gasteiger partial charge in [-0.05, 0) is 58.4 Å². The number of amides is 1. The van der Waals surface area contributed by atoms with E-state index in [0.29, 0.717) is 15.9 Å². The van der Waals surface area contributed by atoms with E-state index in [1.165, 1.54) is 30.0 Å². The first-order valence-electron chi connectivity index (χ1n) is 5.68. The third kappa shape index (κ3) is 4.61. The Morgan fingerprint density at radius 2 is 1.85 bits per heavy atom. The van der Waals surface area contributed by atoms with Crippen molar-refractivity contribution in [3.05, 3.63) is 57.2 Å². The molecule has 0 saturated heterocycles. The van der Waals surface area contributed by atoms with Gasteiger partial charge in [-0.2, -0.15) is 0 Å². The minimum atomic E-state index is -0.348. The van der Waals surface area contributed by atoms with E-state index in [2.05, 4.69) is 37.2 Å². The highest BCUT2D eigenvalue weighted by atomic mass is 79.9. The van der Waals surface area contributed by atoms with Gasteiger partial charge < -0.3 is 5.32 Å². The quantitative estimate of drug-likeness (QED) is 0.701. The Labute approximate surface area is 137 Å². The van der Waals surface area contributed by atoms with Crippen LogP contribution in [0.15, 0.2) is 56.3 Å². The Bertz CT molecular complexity index is 619. The van der Waals surface area contributed by atoms with E-state index < -0.39 is 0 Å². The number of hydrogen-bond acceptors (Lipinski definition) is 2. The molecule has 0 saturated carbocycles. The molecule has 2 rings (SSSR count). The van der Waals surface area contributed by atoms with Crippen LogP contribution in [0, 0.1) is 5.82 Å². The third-order valence-corrected chi connectivity index (χ3v) is 4.59. The van der Waals surface area contributed by atoms with Gasteiger partial charge in [0.25, 0.3) is 0 Å². The Hall–Kier alpha value is -0.850. The van der Waals surface area contributed by atoms with E-state index in [4.69, 9.17) is 0 Å². The first-order chi connectivity index (χ1) is 9.54. The topological polar surface area (TPSA) is 29.1 Å². The van der Waals surface area contributed by atoms with Gasteiger partial charge in [0.1, 0.15) is 5.82 Å². The van der Waals surface area contributed by atoms with Crippen LogP contribution in [-0.2, 0) is 4.79 Å². The Balaban J connectivity index is 1.90. The molecule has 0 atom stereocenters. The smallest absolute Gasteiger partial charge is 0.234 e. The molecule has 0 fully saturated rings. The molecule has 0 radical (unpaired) electrons. The fourth-order valence-electron chi connectivity index (χ4n) is 1.46. The van der Waals surface area contributed by atoms with Crippen LogP contribution >= 0.6 is 43.6 Å². The van der Waals surface area contributed by atoms with Gasteiger partial charge >= 0.3 is 0 Å². The molecular weight excluding hydrogens is 409 g/mol. The number of rotatable bonds is 4. The van der Waals surface area contributed by atoms with Crippen molar-refractivity contribution in [1.29, 1.82) is 0 Å². The highest BCUT2D eigenvalue weighted by Gasteiger charge is 2.07. The van der Waals surface area contributed by atoms with Gasteiger partial charge in [0.2, 0.25) is 5.91 Å². The summed E-state index contributed by atoms with van der Waals surface area (Å²) in [5, 5.41) is 2.74. The van der Waals surface area contributed by atoms with E-state index in [1.54, 1.807) is 0 Å². The van der Waals surface area contributed by atoms with Gasteiger partial charge in [-0.15, -0.1) is 11.8 Å². The molecule has 1 N–H and O–H groups in total. The van der Waals surface area contributed by atoms with E-state index in [0.717, 1.165) is 9.37 Å². The van der Waals surface area contributed by atoms with E-state index in [9.17, 15) is 9.18 Å². The summed E-state index contributed by atoms with van der Waals surface area (Å²) < 4.78 is 14.5. The van der Waals surface area contributed by atoms with Gasteiger partial charge in [0.05, 0.1) is 11.4 Å². The highest BCUT2D eigenvalue weighted by Crippen LogP contribution is 2.24. The summed E-state index contributed by atoms with van der Waals surface area (Å²) in [5.74, 6) is -0.185. The second-order valence-corrected chi connectivity index (χ2v) is 6.73. The summed E-state index contributed by atoms with van der Waals surface area (Å²) in [6, 6.07) is 11.9. The summed E-state index contributed by atoms with van der Waals surface area (Å²) in [6.45, 7) is 0. The van der Waals surface area contributed by atoms with Crippen LogP contribution in [0.25, 0.3) is 0 Å². The lowest BCUT2D eigenvalue weighted by atomic mass is 10.3. The van der Waals surface area contributed by atoms with Gasteiger partial charge in [-0.3, -0.25) is 4.79 Å². The second-order valence-electron chi connectivity index (χ2n) is 3.91. The lowest BCUT2D eigenvalue weighted by Gasteiger charge is -2.07. The zero-order valence-electron chi connectivity index (χ0n) is 10.2. The normalized spacial score (nSPS) is 10.3. The summed E-state index contributed by atoms with van der Waals surface area (Å²) in [5.41, 5.74) is 0.563. The number of carbonyl (C=O) groups is 1. The van der Waals surface area contributed by atoms with E-state index in [1.807, 2.05) is 24.3 Å². The molecule has 2 nitrogen and oxygen atoms in total. The number of anilines is 1. The second kappa shape index (κ2) is 7.24. The van der Waals surface area contributed by atoms with Crippen LogP contribution in [0.4, 0.5) is 10.1 Å². The van der Waals surface area contributed by atoms with Crippen molar-refractivity contribution in [2.45, 2.75) is 4.90 Å². The molecular formula is C14H10Br2FNOS. The maximum Gasteiger partial charge on any atom is 0.234 e. The number of halogens is 3. The lowest BCUT2D eigenvalue weighted by Crippen LogP contribution is -2.14. The molecule has 20 heavy (non-hydrogen) atoms. The molecule has 2 aromatic rings. The molecule has 1 amide bonds. The van der Waals surface area contributed by atoms with Crippen LogP contribution in [0.1, 0.15) is 0 Å². The van der Waals surface area contributed by atoms with Gasteiger partial charge in [0, 0.05) is 13.8 Å². The minimum absolute atomic E-state index is 0.134. The van der Waals surface area contributed by atoms with Crippen LogP contribution < -0.4 is 5.32 Å². The third-order valence-electron chi connectivity index (χ3n) is 2.39. The zero-order valence-corrected chi connectivity index (χ0v) is 14.2. The van der Waals surface area contributed by atoms with Crippen LogP contribution in [0.2, 0.25) is 0 Å². The van der Waals surface area contributed by atoms with Crippen molar-refractivity contribution >= 4 is 55.2 Å². The predicted octanol–water partition coefficient (Wildman–Crippen LogP) is 5.08. The minimum Gasteiger partial charge on any atom is -0.324 e. The van der Waals surface area contributed by atoms with E-state index in [-0.39, 0.29) is 11.7 Å². The lowest BCUT2D eigenvalue weighted by molar-refractivity contribution is -0.113. The van der Waals surface area contributed by atoms with Gasteiger partial charge in [0.15, 0.2) is 0 Å². The average Bonchev–Trinajstić information content (AvgIpc) is 2.41. The number of thioether (sulfide) groups is 1. The Kier molecular flexibility index (Phi) is 5.63. The molecule has 0 unspecified atom stereocenters.